The lowest BCUT2D eigenvalue weighted by Gasteiger charge is -2.39. The Kier molecular flexibility index (Phi) is 9.48. The van der Waals surface area contributed by atoms with Crippen molar-refractivity contribution in [2.75, 3.05) is 40.0 Å². The van der Waals surface area contributed by atoms with E-state index in [-0.39, 0.29) is 23.5 Å². The van der Waals surface area contributed by atoms with Gasteiger partial charge in [-0.05, 0) is 63.4 Å². The molecule has 1 amide bonds. The average molecular weight is 606 g/mol. The van der Waals surface area contributed by atoms with Crippen LogP contribution < -0.4 is 19.8 Å². The zero-order chi connectivity index (χ0) is 31.4. The number of rotatable bonds is 9. The zero-order valence-corrected chi connectivity index (χ0v) is 26.4. The summed E-state index contributed by atoms with van der Waals surface area (Å²) in [6, 6.07) is 12.6. The molecule has 2 aromatic carbocycles. The quantitative estimate of drug-likeness (QED) is 0.304. The van der Waals surface area contributed by atoms with Crippen LogP contribution in [0.15, 0.2) is 47.3 Å². The number of carbonyl (C=O) groups is 2. The van der Waals surface area contributed by atoms with Gasteiger partial charge in [0.1, 0.15) is 24.6 Å². The van der Waals surface area contributed by atoms with Gasteiger partial charge in [-0.1, -0.05) is 13.0 Å². The predicted molar refractivity (Wildman–Crippen MR) is 168 cm³/mol. The Morgan fingerprint density at radius 3 is 2.39 bits per heavy atom. The number of likely N-dealkylation sites (tertiary alicyclic amines) is 1. The third-order valence-corrected chi connectivity index (χ3v) is 8.16. The normalized spacial score (nSPS) is 15.7. The fraction of sp³-hybridized carbons (Fsp3) is 0.500. The maximum atomic E-state index is 13.4. The summed E-state index contributed by atoms with van der Waals surface area (Å²) < 4.78 is 24.4. The van der Waals surface area contributed by atoms with Crippen LogP contribution in [0, 0.1) is 0 Å². The first-order valence-electron chi connectivity index (χ1n) is 15.4. The highest BCUT2D eigenvalue weighted by atomic mass is 16.6. The van der Waals surface area contributed by atoms with Gasteiger partial charge in [0.15, 0.2) is 17.3 Å². The third kappa shape index (κ3) is 7.18. The molecule has 0 spiro atoms. The van der Waals surface area contributed by atoms with Gasteiger partial charge in [-0.15, -0.1) is 0 Å². The zero-order valence-electron chi connectivity index (χ0n) is 26.4. The molecule has 0 bridgehead atoms. The van der Waals surface area contributed by atoms with Crippen LogP contribution in [-0.2, 0) is 17.8 Å². The number of carbonyl (C=O) groups excluding carboxylic acids is 2. The van der Waals surface area contributed by atoms with E-state index in [1.54, 1.807) is 23.8 Å². The first kappa shape index (κ1) is 31.4. The second-order valence-electron chi connectivity index (χ2n) is 12.4. The summed E-state index contributed by atoms with van der Waals surface area (Å²) in [6.45, 7) is 11.6. The van der Waals surface area contributed by atoms with Crippen molar-refractivity contribution in [2.45, 2.75) is 71.7 Å². The summed E-state index contributed by atoms with van der Waals surface area (Å²) in [5, 5.41) is 0.753. The molecule has 0 radical (unpaired) electrons. The third-order valence-electron chi connectivity index (χ3n) is 8.16. The highest BCUT2D eigenvalue weighted by Gasteiger charge is 2.31. The lowest BCUT2D eigenvalue weighted by Crippen LogP contribution is -2.49. The lowest BCUT2D eigenvalue weighted by atomic mass is 10.0. The molecule has 5 rings (SSSR count). The summed E-state index contributed by atoms with van der Waals surface area (Å²) in [7, 11) is 1.56. The Morgan fingerprint density at radius 2 is 1.70 bits per heavy atom. The lowest BCUT2D eigenvalue weighted by molar-refractivity contribution is 0.00562. The number of benzene rings is 2. The molecule has 2 aliphatic rings. The van der Waals surface area contributed by atoms with Gasteiger partial charge in [0.25, 0.3) is 5.56 Å². The first-order chi connectivity index (χ1) is 21.1. The maximum absolute atomic E-state index is 13.4. The van der Waals surface area contributed by atoms with Crippen LogP contribution in [0.5, 0.6) is 17.2 Å². The minimum absolute atomic E-state index is 0.00135. The number of hydrogen-bond donors (Lipinski definition) is 0. The van der Waals surface area contributed by atoms with E-state index in [1.807, 2.05) is 56.9 Å². The number of ketones is 1. The fourth-order valence-corrected chi connectivity index (χ4v) is 5.89. The summed E-state index contributed by atoms with van der Waals surface area (Å²) in [6.07, 6.45) is 1.58. The number of aromatic nitrogens is 1. The van der Waals surface area contributed by atoms with Crippen molar-refractivity contribution in [3.05, 3.63) is 63.9 Å². The van der Waals surface area contributed by atoms with Gasteiger partial charge >= 0.3 is 6.09 Å². The van der Waals surface area contributed by atoms with Crippen molar-refractivity contribution in [1.82, 2.24) is 14.4 Å². The molecule has 1 aromatic heterocycles. The van der Waals surface area contributed by atoms with Gasteiger partial charge < -0.3 is 33.3 Å². The molecule has 0 atom stereocenters. The molecule has 10 nitrogen and oxygen atoms in total. The Balaban J connectivity index is 1.29. The monoisotopic (exact) mass is 605 g/mol. The van der Waals surface area contributed by atoms with E-state index in [1.165, 1.54) is 6.07 Å². The minimum Gasteiger partial charge on any atom is -0.497 e. The number of nitrogens with zero attached hydrogens (tertiary/aromatic N) is 3. The van der Waals surface area contributed by atoms with Gasteiger partial charge in [-0.2, -0.15) is 0 Å². The van der Waals surface area contributed by atoms with Crippen molar-refractivity contribution in [3.8, 4) is 17.2 Å². The second kappa shape index (κ2) is 13.3. The van der Waals surface area contributed by atoms with Crippen LogP contribution >= 0.6 is 0 Å². The molecule has 1 fully saturated rings. The SMILES string of the molecule is CCC(=O)c1cc(OC)cc2c1ccc(=O)n2CCN1CCC(N(Cc2ccc3c(c2)OCCO3)C(=O)OC(C)(C)C)CC1. The van der Waals surface area contributed by atoms with Crippen LogP contribution in [0.1, 0.15) is 62.9 Å². The molecule has 3 aromatic rings. The van der Waals surface area contributed by atoms with Crippen molar-refractivity contribution < 1.29 is 28.5 Å². The van der Waals surface area contributed by atoms with Crippen molar-refractivity contribution in [3.63, 3.8) is 0 Å². The topological polar surface area (TPSA) is 99.5 Å². The molecule has 236 valence electrons. The van der Waals surface area contributed by atoms with Gasteiger partial charge in [0.2, 0.25) is 0 Å². The molecule has 0 aliphatic carbocycles. The van der Waals surface area contributed by atoms with E-state index < -0.39 is 5.60 Å². The highest BCUT2D eigenvalue weighted by Crippen LogP contribution is 2.32. The number of methoxy groups -OCH3 is 1. The number of piperidine rings is 1. The maximum Gasteiger partial charge on any atom is 0.410 e. The van der Waals surface area contributed by atoms with Gasteiger partial charge in [0, 0.05) is 68.3 Å². The van der Waals surface area contributed by atoms with E-state index in [9.17, 15) is 14.4 Å². The Morgan fingerprint density at radius 1 is 0.977 bits per heavy atom. The first-order valence-corrected chi connectivity index (χ1v) is 15.4. The van der Waals surface area contributed by atoms with E-state index in [4.69, 9.17) is 18.9 Å². The second-order valence-corrected chi connectivity index (χ2v) is 12.4. The summed E-state index contributed by atoms with van der Waals surface area (Å²) >= 11 is 0. The van der Waals surface area contributed by atoms with E-state index in [2.05, 4.69) is 4.90 Å². The van der Waals surface area contributed by atoms with Crippen molar-refractivity contribution >= 4 is 22.8 Å². The highest BCUT2D eigenvalue weighted by molar-refractivity contribution is 6.08. The van der Waals surface area contributed by atoms with Crippen LogP contribution in [-0.4, -0.2) is 77.8 Å². The summed E-state index contributed by atoms with van der Waals surface area (Å²) in [5.74, 6) is 1.97. The Hall–Kier alpha value is -4.05. The molecule has 0 saturated carbocycles. The van der Waals surface area contributed by atoms with Crippen LogP contribution in [0.4, 0.5) is 4.79 Å². The molecular weight excluding hydrogens is 562 g/mol. The van der Waals surface area contributed by atoms with Gasteiger partial charge in [-0.25, -0.2) is 4.79 Å². The number of ether oxygens (including phenoxy) is 4. The molecule has 0 N–H and O–H groups in total. The van der Waals surface area contributed by atoms with Gasteiger partial charge in [0.05, 0.1) is 12.6 Å². The van der Waals surface area contributed by atoms with Crippen molar-refractivity contribution in [1.29, 1.82) is 0 Å². The number of pyridine rings is 1. The number of amides is 1. The summed E-state index contributed by atoms with van der Waals surface area (Å²) in [5.41, 5.74) is 1.48. The van der Waals surface area contributed by atoms with E-state index in [0.717, 1.165) is 36.9 Å². The van der Waals surface area contributed by atoms with Gasteiger partial charge in [-0.3, -0.25) is 9.59 Å². The molecule has 3 heterocycles. The van der Waals surface area contributed by atoms with E-state index >= 15 is 0 Å². The Bertz CT molecular complexity index is 1570. The van der Waals surface area contributed by atoms with Crippen LogP contribution in [0.25, 0.3) is 10.9 Å². The van der Waals surface area contributed by atoms with Crippen molar-refractivity contribution in [2.24, 2.45) is 0 Å². The molecule has 10 heteroatoms. The van der Waals surface area contributed by atoms with E-state index in [0.29, 0.717) is 67.6 Å². The number of fused-ring (bicyclic) bond motifs is 2. The Labute approximate surface area is 258 Å². The largest absolute Gasteiger partial charge is 0.497 e. The standard InChI is InChI=1S/C34H43N3O7/c1-6-29(38)27-20-25(41-5)21-28-26(27)8-10-32(39)36(28)16-15-35-13-11-24(12-14-35)37(33(40)44-34(2,3)4)22-23-7-9-30-31(19-23)43-18-17-42-30/h7-10,19-21,24H,6,11-18,22H2,1-5H3. The fourth-order valence-electron chi connectivity index (χ4n) is 5.89. The summed E-state index contributed by atoms with van der Waals surface area (Å²) in [4.78, 5) is 43.2. The molecule has 44 heavy (non-hydrogen) atoms. The number of Topliss-reactive ketones (excluding diaryl/α,β-unsaturated/α-hetero) is 1. The molecular formula is C34H43N3O7. The smallest absolute Gasteiger partial charge is 0.410 e. The predicted octanol–water partition coefficient (Wildman–Crippen LogP) is 5.28. The molecule has 1 saturated heterocycles. The van der Waals surface area contributed by atoms with Crippen LogP contribution in [0.2, 0.25) is 0 Å². The minimum atomic E-state index is -0.612. The average Bonchev–Trinajstić information content (AvgIpc) is 3.01. The molecule has 2 aliphatic heterocycles. The number of hydrogen-bond acceptors (Lipinski definition) is 8. The molecule has 0 unspecified atom stereocenters. The van der Waals surface area contributed by atoms with Crippen LogP contribution in [0.3, 0.4) is 0 Å².